The second-order valence-electron chi connectivity index (χ2n) is 18.4. The van der Waals surface area contributed by atoms with Crippen molar-refractivity contribution in [3.05, 3.63) is 241 Å². The standard InChI is InChI=1S/C62H44N4/c1-39-59-60(63-61(43-20-7-3-8-21-43)64-62(39,59)45-23-9-4-10-24-45)52-36-47(35-44-22-12-13-25-48(44)52)66-54-28-16-15-27-50(54)51-37-53-57(38-56(51)66)65(55-34-31-42-19-11-14-26-49(42)58(53)55)46-32-29-41(30-33-46)40-17-5-2-6-18-40/h2-39,59-60H,1H3,(H,63,64). The third-order valence-electron chi connectivity index (χ3n) is 15.0. The molecule has 3 heterocycles. The Morgan fingerprint density at radius 1 is 0.424 bits per heavy atom. The van der Waals surface area contributed by atoms with Crippen LogP contribution < -0.4 is 5.32 Å². The molecule has 4 unspecified atom stereocenters. The van der Waals surface area contributed by atoms with E-state index in [4.69, 9.17) is 4.99 Å². The summed E-state index contributed by atoms with van der Waals surface area (Å²) in [5.41, 5.74) is 12.8. The lowest BCUT2D eigenvalue weighted by Gasteiger charge is -2.31. The monoisotopic (exact) mass is 844 g/mol. The molecular formula is C62H44N4. The molecule has 4 atom stereocenters. The van der Waals surface area contributed by atoms with E-state index in [2.05, 4.69) is 246 Å². The van der Waals surface area contributed by atoms with Gasteiger partial charge >= 0.3 is 0 Å². The van der Waals surface area contributed by atoms with Crippen LogP contribution >= 0.6 is 0 Å². The molecule has 4 nitrogen and oxygen atoms in total. The molecule has 14 rings (SSSR count). The van der Waals surface area contributed by atoms with Gasteiger partial charge in [0.15, 0.2) is 0 Å². The van der Waals surface area contributed by atoms with Gasteiger partial charge in [-0.15, -0.1) is 0 Å². The van der Waals surface area contributed by atoms with Gasteiger partial charge in [0.1, 0.15) is 5.84 Å². The van der Waals surface area contributed by atoms with Gasteiger partial charge in [0, 0.05) is 44.4 Å². The molecule has 12 aromatic rings. The molecule has 1 aliphatic carbocycles. The van der Waals surface area contributed by atoms with Crippen LogP contribution in [-0.4, -0.2) is 15.0 Å². The molecule has 0 bridgehead atoms. The van der Waals surface area contributed by atoms with Crippen molar-refractivity contribution in [1.29, 1.82) is 0 Å². The maximum absolute atomic E-state index is 5.64. The number of nitrogens with zero attached hydrogens (tertiary/aromatic N) is 3. The van der Waals surface area contributed by atoms with E-state index in [0.717, 1.165) is 22.8 Å². The summed E-state index contributed by atoms with van der Waals surface area (Å²) >= 11 is 0. The quantitative estimate of drug-likeness (QED) is 0.178. The van der Waals surface area contributed by atoms with E-state index >= 15 is 0 Å². The van der Waals surface area contributed by atoms with Gasteiger partial charge in [-0.1, -0.05) is 183 Å². The molecule has 66 heavy (non-hydrogen) atoms. The molecule has 1 saturated carbocycles. The summed E-state index contributed by atoms with van der Waals surface area (Å²) in [7, 11) is 0. The summed E-state index contributed by atoms with van der Waals surface area (Å²) in [6.45, 7) is 2.39. The molecule has 0 spiro atoms. The summed E-state index contributed by atoms with van der Waals surface area (Å²) in [5, 5.41) is 14.1. The van der Waals surface area contributed by atoms with E-state index < -0.39 is 0 Å². The van der Waals surface area contributed by atoms with Crippen LogP contribution in [0.15, 0.2) is 229 Å². The van der Waals surface area contributed by atoms with E-state index in [1.54, 1.807) is 0 Å². The third kappa shape index (κ3) is 5.36. The summed E-state index contributed by atoms with van der Waals surface area (Å²) in [5.74, 6) is 1.56. The minimum absolute atomic E-state index is 0.0206. The Morgan fingerprint density at radius 3 is 1.80 bits per heavy atom. The molecule has 312 valence electrons. The van der Waals surface area contributed by atoms with Crippen LogP contribution in [0.25, 0.3) is 87.7 Å². The molecule has 2 aromatic heterocycles. The van der Waals surface area contributed by atoms with Crippen molar-refractivity contribution in [3.63, 3.8) is 0 Å². The average Bonchev–Trinajstić information content (AvgIpc) is 3.68. The summed E-state index contributed by atoms with van der Waals surface area (Å²) in [6, 6.07) is 82.6. The maximum Gasteiger partial charge on any atom is 0.129 e. The molecular weight excluding hydrogens is 801 g/mol. The summed E-state index contributed by atoms with van der Waals surface area (Å²) in [4.78, 5) is 5.64. The number of hydrogen-bond donors (Lipinski definition) is 1. The second-order valence-corrected chi connectivity index (χ2v) is 18.4. The van der Waals surface area contributed by atoms with E-state index in [1.807, 2.05) is 0 Å². The fourth-order valence-electron chi connectivity index (χ4n) is 11.9. The first kappa shape index (κ1) is 37.2. The smallest absolute Gasteiger partial charge is 0.129 e. The fraction of sp³-hybridized carbons (Fsp3) is 0.0806. The highest BCUT2D eigenvalue weighted by Crippen LogP contribution is 2.67. The van der Waals surface area contributed by atoms with Gasteiger partial charge in [-0.05, 0) is 98.2 Å². The number of hydrogen-bond acceptors (Lipinski definition) is 2. The lowest BCUT2D eigenvalue weighted by molar-refractivity contribution is 0.473. The van der Waals surface area contributed by atoms with Gasteiger partial charge in [0.2, 0.25) is 0 Å². The van der Waals surface area contributed by atoms with E-state index in [1.165, 1.54) is 87.4 Å². The molecule has 4 heteroatoms. The van der Waals surface area contributed by atoms with Gasteiger partial charge in [0.25, 0.3) is 0 Å². The Kier molecular flexibility index (Phi) is 7.97. The van der Waals surface area contributed by atoms with Crippen LogP contribution in [0.5, 0.6) is 0 Å². The predicted molar refractivity (Wildman–Crippen MR) is 275 cm³/mol. The molecule has 0 amide bonds. The lowest BCUT2D eigenvalue weighted by atomic mass is 9.89. The minimum atomic E-state index is -0.325. The van der Waals surface area contributed by atoms with Gasteiger partial charge in [-0.3, -0.25) is 4.99 Å². The summed E-state index contributed by atoms with van der Waals surface area (Å²) < 4.78 is 5.00. The zero-order chi connectivity index (χ0) is 43.5. The van der Waals surface area contributed by atoms with Crippen molar-refractivity contribution in [2.75, 3.05) is 0 Å². The molecule has 1 aliphatic heterocycles. The van der Waals surface area contributed by atoms with Crippen molar-refractivity contribution < 1.29 is 0 Å². The SMILES string of the molecule is CC1C2C(c3cc(-n4c5ccccc5c5cc6c7c8ccccc8ccc7n(-c7ccc(-c8ccccc8)cc7)c6cc54)cc4ccccc34)NC(c3ccccc3)=NC12c1ccccc1. The Morgan fingerprint density at radius 2 is 1.03 bits per heavy atom. The van der Waals surface area contributed by atoms with Crippen molar-refractivity contribution in [1.82, 2.24) is 14.5 Å². The highest BCUT2D eigenvalue weighted by atomic mass is 15.2. The van der Waals surface area contributed by atoms with E-state index in [-0.39, 0.29) is 17.5 Å². The number of aliphatic imine (C=N–C) groups is 1. The second kappa shape index (κ2) is 14.1. The van der Waals surface area contributed by atoms with E-state index in [0.29, 0.717) is 5.92 Å². The average molecular weight is 845 g/mol. The van der Waals surface area contributed by atoms with Crippen molar-refractivity contribution in [2.45, 2.75) is 18.5 Å². The number of rotatable bonds is 6. The van der Waals surface area contributed by atoms with Crippen molar-refractivity contribution >= 4 is 71.0 Å². The van der Waals surface area contributed by atoms with Crippen molar-refractivity contribution in [3.8, 4) is 22.5 Å². The Bertz CT molecular complexity index is 3920. The lowest BCUT2D eigenvalue weighted by Crippen LogP contribution is -2.38. The molecule has 1 N–H and O–H groups in total. The van der Waals surface area contributed by atoms with Crippen molar-refractivity contribution in [2.24, 2.45) is 16.8 Å². The number of benzene rings is 10. The molecule has 2 aliphatic rings. The van der Waals surface area contributed by atoms with Gasteiger partial charge in [-0.25, -0.2) is 0 Å². The fourth-order valence-corrected chi connectivity index (χ4v) is 11.9. The van der Waals surface area contributed by atoms with Gasteiger partial charge in [-0.2, -0.15) is 0 Å². The van der Waals surface area contributed by atoms with Crippen LogP contribution in [0.2, 0.25) is 0 Å². The van der Waals surface area contributed by atoms with Crippen LogP contribution in [0.4, 0.5) is 0 Å². The van der Waals surface area contributed by atoms with Crippen LogP contribution in [-0.2, 0) is 5.54 Å². The molecule has 1 fully saturated rings. The van der Waals surface area contributed by atoms with E-state index in [9.17, 15) is 0 Å². The number of aromatic nitrogens is 2. The molecule has 0 saturated heterocycles. The third-order valence-corrected chi connectivity index (χ3v) is 15.0. The number of para-hydroxylation sites is 1. The topological polar surface area (TPSA) is 34.2 Å². The number of fused-ring (bicyclic) bond motifs is 10. The zero-order valence-electron chi connectivity index (χ0n) is 36.4. The first-order valence-electron chi connectivity index (χ1n) is 23.2. The Hall–Kier alpha value is -8.21. The van der Waals surface area contributed by atoms with Gasteiger partial charge in [0.05, 0.1) is 33.6 Å². The Labute approximate surface area is 382 Å². The van der Waals surface area contributed by atoms with Crippen LogP contribution in [0.3, 0.4) is 0 Å². The normalized spacial score (nSPS) is 19.1. The molecule has 0 radical (unpaired) electrons. The van der Waals surface area contributed by atoms with Gasteiger partial charge < -0.3 is 14.5 Å². The van der Waals surface area contributed by atoms with Crippen LogP contribution in [0.1, 0.15) is 29.7 Å². The molecule has 10 aromatic carbocycles. The first-order chi connectivity index (χ1) is 32.6. The zero-order valence-corrected chi connectivity index (χ0v) is 36.4. The number of amidine groups is 1. The predicted octanol–water partition coefficient (Wildman–Crippen LogP) is 15.1. The first-order valence-corrected chi connectivity index (χ1v) is 23.2. The highest BCUT2D eigenvalue weighted by molar-refractivity contribution is 6.25. The minimum Gasteiger partial charge on any atom is -0.363 e. The van der Waals surface area contributed by atoms with Crippen LogP contribution in [0, 0.1) is 11.8 Å². The largest absolute Gasteiger partial charge is 0.363 e. The maximum atomic E-state index is 5.64. The summed E-state index contributed by atoms with van der Waals surface area (Å²) in [6.07, 6.45) is 0. The number of nitrogens with one attached hydrogen (secondary N) is 1. The highest BCUT2D eigenvalue weighted by Gasteiger charge is 2.68. The Balaban J connectivity index is 1.02.